The normalized spacial score (nSPS) is 12.6. The molecule has 6 aromatic carbocycles. The van der Waals surface area contributed by atoms with Gasteiger partial charge in [0.15, 0.2) is 17.5 Å². The Labute approximate surface area is 272 Å². The van der Waals surface area contributed by atoms with Crippen molar-refractivity contribution in [2.24, 2.45) is 0 Å². The molecule has 0 atom stereocenters. The molecule has 0 fully saturated rings. The van der Waals surface area contributed by atoms with E-state index in [-0.39, 0.29) is 0 Å². The standard InChI is InChI=1S/C43H29N3O/c1-3-10-28(11-4-1)29-18-22-32(23-19-29)42-44-41(31-12-5-2-6-13-31)45-43(46-42)34-25-21-30-20-24-33(26-35(30)27-34)36-15-9-17-39-40(36)37-14-7-8-16-38(37)47-39/h1-19,21-23,25-27H,20,24H2. The summed E-state index contributed by atoms with van der Waals surface area (Å²) in [6, 6.07) is 50.3. The molecule has 1 aliphatic rings. The van der Waals surface area contributed by atoms with E-state index in [1.807, 2.05) is 48.5 Å². The molecule has 222 valence electrons. The molecule has 0 amide bonds. The van der Waals surface area contributed by atoms with Gasteiger partial charge in [0.25, 0.3) is 0 Å². The lowest BCUT2D eigenvalue weighted by Crippen LogP contribution is -2.02. The van der Waals surface area contributed by atoms with Gasteiger partial charge in [0.05, 0.1) is 0 Å². The van der Waals surface area contributed by atoms with Crippen molar-refractivity contribution in [3.63, 3.8) is 0 Å². The van der Waals surface area contributed by atoms with Crippen LogP contribution >= 0.6 is 0 Å². The van der Waals surface area contributed by atoms with Crippen LogP contribution in [0.4, 0.5) is 0 Å². The van der Waals surface area contributed by atoms with Gasteiger partial charge in [0, 0.05) is 27.5 Å². The van der Waals surface area contributed by atoms with E-state index in [2.05, 4.69) is 103 Å². The SMILES string of the molecule is C1=C(c2cccc3oc4ccccc4c23)CCc2ccc(-c3nc(-c4ccccc4)nc(-c4ccc(-c5ccccc5)cc4)n3)cc21. The second-order valence-electron chi connectivity index (χ2n) is 12.0. The molecule has 1 aliphatic carbocycles. The van der Waals surface area contributed by atoms with Gasteiger partial charge in [0.2, 0.25) is 0 Å². The van der Waals surface area contributed by atoms with Crippen molar-refractivity contribution >= 4 is 33.6 Å². The third kappa shape index (κ3) is 5.01. The van der Waals surface area contributed by atoms with E-state index >= 15 is 0 Å². The number of nitrogens with zero attached hydrogens (tertiary/aromatic N) is 3. The van der Waals surface area contributed by atoms with Gasteiger partial charge in [-0.05, 0) is 64.4 Å². The van der Waals surface area contributed by atoms with Crippen molar-refractivity contribution in [2.45, 2.75) is 12.8 Å². The minimum atomic E-state index is 0.654. The first-order chi connectivity index (χ1) is 23.3. The molecule has 4 heteroatoms. The molecule has 9 rings (SSSR count). The van der Waals surface area contributed by atoms with E-state index in [1.54, 1.807) is 0 Å². The molecule has 0 saturated carbocycles. The van der Waals surface area contributed by atoms with Gasteiger partial charge < -0.3 is 4.42 Å². The summed E-state index contributed by atoms with van der Waals surface area (Å²) in [6.07, 6.45) is 4.28. The smallest absolute Gasteiger partial charge is 0.164 e. The van der Waals surface area contributed by atoms with E-state index < -0.39 is 0 Å². The van der Waals surface area contributed by atoms with Gasteiger partial charge in [-0.3, -0.25) is 0 Å². The predicted molar refractivity (Wildman–Crippen MR) is 191 cm³/mol. The maximum absolute atomic E-state index is 6.20. The van der Waals surface area contributed by atoms with E-state index in [9.17, 15) is 0 Å². The Balaban J connectivity index is 1.14. The number of allylic oxidation sites excluding steroid dienone is 1. The predicted octanol–water partition coefficient (Wildman–Crippen LogP) is 10.9. The largest absolute Gasteiger partial charge is 0.456 e. The Morgan fingerprint density at radius 1 is 0.447 bits per heavy atom. The summed E-state index contributed by atoms with van der Waals surface area (Å²) >= 11 is 0. The second kappa shape index (κ2) is 11.3. The van der Waals surface area contributed by atoms with Crippen LogP contribution < -0.4 is 0 Å². The van der Waals surface area contributed by atoms with Crippen LogP contribution in [0.25, 0.3) is 78.9 Å². The summed E-state index contributed by atoms with van der Waals surface area (Å²) in [5, 5.41) is 2.34. The molecule has 0 bridgehead atoms. The molecule has 0 aliphatic heterocycles. The molecule has 2 aromatic heterocycles. The highest BCUT2D eigenvalue weighted by atomic mass is 16.3. The number of para-hydroxylation sites is 1. The maximum Gasteiger partial charge on any atom is 0.164 e. The van der Waals surface area contributed by atoms with E-state index in [0.717, 1.165) is 51.6 Å². The fourth-order valence-corrected chi connectivity index (χ4v) is 6.67. The van der Waals surface area contributed by atoms with Gasteiger partial charge in [-0.25, -0.2) is 15.0 Å². The summed E-state index contributed by atoms with van der Waals surface area (Å²) in [6.45, 7) is 0. The topological polar surface area (TPSA) is 51.8 Å². The summed E-state index contributed by atoms with van der Waals surface area (Å²) in [4.78, 5) is 15.0. The van der Waals surface area contributed by atoms with Crippen molar-refractivity contribution in [3.05, 3.63) is 162 Å². The molecule has 0 N–H and O–H groups in total. The molecule has 4 nitrogen and oxygen atoms in total. The monoisotopic (exact) mass is 603 g/mol. The number of hydrogen-bond acceptors (Lipinski definition) is 4. The van der Waals surface area contributed by atoms with Crippen molar-refractivity contribution < 1.29 is 4.42 Å². The highest BCUT2D eigenvalue weighted by Crippen LogP contribution is 2.39. The number of aryl methyl sites for hydroxylation is 1. The third-order valence-electron chi connectivity index (χ3n) is 9.06. The fraction of sp³-hybridized carbons (Fsp3) is 0.0465. The first-order valence-electron chi connectivity index (χ1n) is 16.0. The minimum Gasteiger partial charge on any atom is -0.456 e. The van der Waals surface area contributed by atoms with Crippen LogP contribution in [-0.2, 0) is 6.42 Å². The van der Waals surface area contributed by atoms with Crippen LogP contribution in [0.5, 0.6) is 0 Å². The molecular weight excluding hydrogens is 574 g/mol. The number of hydrogen-bond donors (Lipinski definition) is 0. The summed E-state index contributed by atoms with van der Waals surface area (Å²) in [7, 11) is 0. The minimum absolute atomic E-state index is 0.654. The number of benzene rings is 6. The number of furan rings is 1. The zero-order chi connectivity index (χ0) is 31.2. The second-order valence-corrected chi connectivity index (χ2v) is 12.0. The van der Waals surface area contributed by atoms with Crippen LogP contribution in [0.2, 0.25) is 0 Å². The lowest BCUT2D eigenvalue weighted by Gasteiger charge is -2.18. The van der Waals surface area contributed by atoms with Crippen molar-refractivity contribution in [1.29, 1.82) is 0 Å². The van der Waals surface area contributed by atoms with Gasteiger partial charge in [-0.2, -0.15) is 0 Å². The zero-order valence-corrected chi connectivity index (χ0v) is 25.6. The average Bonchev–Trinajstić information content (AvgIpc) is 3.54. The Morgan fingerprint density at radius 2 is 1.02 bits per heavy atom. The van der Waals surface area contributed by atoms with Crippen LogP contribution in [0.1, 0.15) is 23.1 Å². The molecular formula is C43H29N3O. The van der Waals surface area contributed by atoms with Gasteiger partial charge in [-0.15, -0.1) is 0 Å². The lowest BCUT2D eigenvalue weighted by molar-refractivity contribution is 0.669. The van der Waals surface area contributed by atoms with Crippen LogP contribution in [-0.4, -0.2) is 15.0 Å². The van der Waals surface area contributed by atoms with Crippen LogP contribution in [0.3, 0.4) is 0 Å². The average molecular weight is 604 g/mol. The quantitative estimate of drug-likeness (QED) is 0.196. The molecule has 0 radical (unpaired) electrons. The Hall–Kier alpha value is -6.13. The summed E-state index contributed by atoms with van der Waals surface area (Å²) in [5.41, 5.74) is 12.1. The third-order valence-corrected chi connectivity index (χ3v) is 9.06. The van der Waals surface area contributed by atoms with Crippen molar-refractivity contribution in [2.75, 3.05) is 0 Å². The number of aromatic nitrogens is 3. The molecule has 47 heavy (non-hydrogen) atoms. The lowest BCUT2D eigenvalue weighted by atomic mass is 9.86. The van der Waals surface area contributed by atoms with Gasteiger partial charge in [0.1, 0.15) is 11.2 Å². The highest BCUT2D eigenvalue weighted by molar-refractivity contribution is 6.11. The first-order valence-corrected chi connectivity index (χ1v) is 16.0. The molecule has 0 unspecified atom stereocenters. The van der Waals surface area contributed by atoms with Crippen molar-refractivity contribution in [3.8, 4) is 45.3 Å². The highest BCUT2D eigenvalue weighted by Gasteiger charge is 2.19. The maximum atomic E-state index is 6.20. The number of rotatable bonds is 5. The first kappa shape index (κ1) is 27.2. The van der Waals surface area contributed by atoms with Crippen molar-refractivity contribution in [1.82, 2.24) is 15.0 Å². The fourth-order valence-electron chi connectivity index (χ4n) is 6.67. The summed E-state index contributed by atoms with van der Waals surface area (Å²) < 4.78 is 6.20. The van der Waals surface area contributed by atoms with E-state index in [4.69, 9.17) is 19.4 Å². The van der Waals surface area contributed by atoms with E-state index in [0.29, 0.717) is 17.5 Å². The van der Waals surface area contributed by atoms with Gasteiger partial charge >= 0.3 is 0 Å². The molecule has 2 heterocycles. The van der Waals surface area contributed by atoms with Gasteiger partial charge in [-0.1, -0.05) is 133 Å². The van der Waals surface area contributed by atoms with E-state index in [1.165, 1.54) is 33.2 Å². The Kier molecular flexibility index (Phi) is 6.57. The summed E-state index contributed by atoms with van der Waals surface area (Å²) in [5.74, 6) is 1.97. The van der Waals surface area contributed by atoms with Crippen LogP contribution in [0, 0.1) is 0 Å². The Morgan fingerprint density at radius 3 is 1.79 bits per heavy atom. The molecule has 0 saturated heterocycles. The zero-order valence-electron chi connectivity index (χ0n) is 25.6. The Bertz CT molecular complexity index is 2440. The van der Waals surface area contributed by atoms with Crippen LogP contribution in [0.15, 0.2) is 150 Å². The molecule has 8 aromatic rings. The number of fused-ring (bicyclic) bond motifs is 4. The molecule has 0 spiro atoms.